The molecule has 0 spiro atoms. The van der Waals surface area contributed by atoms with Crippen LogP contribution in [0, 0.1) is 0 Å². The summed E-state index contributed by atoms with van der Waals surface area (Å²) in [5, 5.41) is 0.755. The van der Waals surface area contributed by atoms with Crippen LogP contribution in [0.2, 0.25) is 0 Å². The lowest BCUT2D eigenvalue weighted by Gasteiger charge is -2.16. The Morgan fingerprint density at radius 1 is 1.30 bits per heavy atom. The van der Waals surface area contributed by atoms with Crippen molar-refractivity contribution in [1.82, 2.24) is 8.96 Å². The van der Waals surface area contributed by atoms with Crippen molar-refractivity contribution < 1.29 is 17.9 Å². The summed E-state index contributed by atoms with van der Waals surface area (Å²) < 4.78 is 35.6. The third kappa shape index (κ3) is 3.00. The maximum atomic E-state index is 11.7. The number of aromatic nitrogens is 2. The zero-order valence-corrected chi connectivity index (χ0v) is 12.6. The zero-order valence-electron chi connectivity index (χ0n) is 11.7. The SMILES string of the molecule is CCOC(OCC)c1cc2c(ccn2S(C)(=O)=O)cn1. The topological polar surface area (TPSA) is 70.4 Å². The van der Waals surface area contributed by atoms with Crippen molar-refractivity contribution in [1.29, 1.82) is 0 Å². The van der Waals surface area contributed by atoms with Gasteiger partial charge in [0.25, 0.3) is 0 Å². The molecule has 0 unspecified atom stereocenters. The van der Waals surface area contributed by atoms with Gasteiger partial charge in [0.05, 0.1) is 17.5 Å². The zero-order chi connectivity index (χ0) is 14.8. The van der Waals surface area contributed by atoms with Crippen molar-refractivity contribution in [2.24, 2.45) is 0 Å². The predicted octanol–water partition coefficient (Wildman–Crippen LogP) is 1.92. The molecule has 0 aliphatic heterocycles. The summed E-state index contributed by atoms with van der Waals surface area (Å²) >= 11 is 0. The first-order valence-corrected chi connectivity index (χ1v) is 8.23. The molecule has 2 rings (SSSR count). The summed E-state index contributed by atoms with van der Waals surface area (Å²) in [4.78, 5) is 4.28. The molecule has 2 aromatic heterocycles. The Labute approximate surface area is 118 Å². The molecule has 7 heteroatoms. The quantitative estimate of drug-likeness (QED) is 0.762. The lowest BCUT2D eigenvalue weighted by Crippen LogP contribution is -2.12. The first-order chi connectivity index (χ1) is 9.47. The van der Waals surface area contributed by atoms with Gasteiger partial charge in [-0.25, -0.2) is 12.4 Å². The van der Waals surface area contributed by atoms with Crippen LogP contribution in [0.1, 0.15) is 25.8 Å². The Morgan fingerprint density at radius 3 is 2.50 bits per heavy atom. The van der Waals surface area contributed by atoms with Gasteiger partial charge in [0.15, 0.2) is 0 Å². The van der Waals surface area contributed by atoms with Crippen LogP contribution in [0.25, 0.3) is 10.9 Å². The molecule has 2 aromatic rings. The van der Waals surface area contributed by atoms with Crippen molar-refractivity contribution in [3.63, 3.8) is 0 Å². The fourth-order valence-corrected chi connectivity index (χ4v) is 2.76. The minimum absolute atomic E-state index is 0.484. The number of fused-ring (bicyclic) bond motifs is 1. The lowest BCUT2D eigenvalue weighted by molar-refractivity contribution is -0.142. The van der Waals surface area contributed by atoms with E-state index in [1.54, 1.807) is 18.3 Å². The number of pyridine rings is 1. The molecule has 0 aliphatic rings. The molecule has 0 N–H and O–H groups in total. The molecular formula is C13H18N2O4S. The minimum Gasteiger partial charge on any atom is -0.347 e. The van der Waals surface area contributed by atoms with Crippen molar-refractivity contribution in [2.45, 2.75) is 20.1 Å². The van der Waals surface area contributed by atoms with E-state index in [1.807, 2.05) is 13.8 Å². The first-order valence-electron chi connectivity index (χ1n) is 6.38. The largest absolute Gasteiger partial charge is 0.347 e. The van der Waals surface area contributed by atoms with E-state index in [-0.39, 0.29) is 0 Å². The third-order valence-corrected chi connectivity index (χ3v) is 3.83. The Bertz CT molecular complexity index is 687. The standard InChI is InChI=1S/C13H18N2O4S/c1-4-18-13(19-5-2)11-8-12-10(9-14-11)6-7-15(12)20(3,16)17/h6-9,13H,4-5H2,1-3H3. The molecule has 6 nitrogen and oxygen atoms in total. The van der Waals surface area contributed by atoms with Crippen molar-refractivity contribution in [2.75, 3.05) is 19.5 Å². The normalized spacial score (nSPS) is 12.4. The Hall–Kier alpha value is -1.44. The van der Waals surface area contributed by atoms with Crippen LogP contribution in [0.15, 0.2) is 24.5 Å². The molecule has 0 saturated heterocycles. The maximum absolute atomic E-state index is 11.7. The third-order valence-electron chi connectivity index (χ3n) is 2.79. The second-order valence-corrected chi connectivity index (χ2v) is 6.14. The number of rotatable bonds is 6. The van der Waals surface area contributed by atoms with Gasteiger partial charge < -0.3 is 9.47 Å². The number of hydrogen-bond donors (Lipinski definition) is 0. The Kier molecular flexibility index (Phi) is 4.42. The molecule has 0 atom stereocenters. The van der Waals surface area contributed by atoms with Crippen molar-refractivity contribution >= 4 is 20.9 Å². The van der Waals surface area contributed by atoms with Gasteiger partial charge >= 0.3 is 0 Å². The van der Waals surface area contributed by atoms with E-state index < -0.39 is 16.3 Å². The molecule has 0 saturated carbocycles. The van der Waals surface area contributed by atoms with E-state index >= 15 is 0 Å². The van der Waals surface area contributed by atoms with Crippen LogP contribution in [0.5, 0.6) is 0 Å². The molecule has 0 radical (unpaired) electrons. The predicted molar refractivity (Wildman–Crippen MR) is 76.0 cm³/mol. The van der Waals surface area contributed by atoms with E-state index in [4.69, 9.17) is 9.47 Å². The van der Waals surface area contributed by atoms with Crippen LogP contribution >= 0.6 is 0 Å². The van der Waals surface area contributed by atoms with Gasteiger partial charge in [-0.05, 0) is 26.0 Å². The molecular weight excluding hydrogens is 280 g/mol. The second kappa shape index (κ2) is 5.90. The van der Waals surface area contributed by atoms with E-state index in [2.05, 4.69) is 4.98 Å². The maximum Gasteiger partial charge on any atom is 0.236 e. The molecule has 110 valence electrons. The molecule has 0 bridgehead atoms. The first kappa shape index (κ1) is 15.0. The fraction of sp³-hybridized carbons (Fsp3) is 0.462. The molecule has 0 aromatic carbocycles. The highest BCUT2D eigenvalue weighted by atomic mass is 32.2. The van der Waals surface area contributed by atoms with Gasteiger partial charge in [0.1, 0.15) is 0 Å². The highest BCUT2D eigenvalue weighted by molar-refractivity contribution is 7.89. The summed E-state index contributed by atoms with van der Waals surface area (Å²) in [6, 6.07) is 3.40. The molecule has 0 amide bonds. The summed E-state index contributed by atoms with van der Waals surface area (Å²) in [5.74, 6) is 0. The van der Waals surface area contributed by atoms with Gasteiger partial charge in [-0.3, -0.25) is 4.98 Å². The lowest BCUT2D eigenvalue weighted by atomic mass is 10.3. The minimum atomic E-state index is -3.35. The summed E-state index contributed by atoms with van der Waals surface area (Å²) in [6.07, 6.45) is 3.71. The smallest absolute Gasteiger partial charge is 0.236 e. The second-order valence-electron chi connectivity index (χ2n) is 4.29. The summed E-state index contributed by atoms with van der Waals surface area (Å²) in [7, 11) is -3.35. The number of ether oxygens (including phenoxy) is 2. The highest BCUT2D eigenvalue weighted by Gasteiger charge is 2.16. The van der Waals surface area contributed by atoms with Gasteiger partial charge in [-0.15, -0.1) is 0 Å². The Balaban J connectivity index is 2.51. The van der Waals surface area contributed by atoms with Gasteiger partial charge in [0.2, 0.25) is 16.3 Å². The van der Waals surface area contributed by atoms with Crippen LogP contribution in [0.3, 0.4) is 0 Å². The summed E-state index contributed by atoms with van der Waals surface area (Å²) in [6.45, 7) is 4.70. The van der Waals surface area contributed by atoms with Gasteiger partial charge in [-0.1, -0.05) is 0 Å². The molecule has 2 heterocycles. The summed E-state index contributed by atoms with van der Waals surface area (Å²) in [5.41, 5.74) is 1.13. The van der Waals surface area contributed by atoms with Crippen LogP contribution in [0.4, 0.5) is 0 Å². The van der Waals surface area contributed by atoms with Crippen molar-refractivity contribution in [3.8, 4) is 0 Å². The number of nitrogens with zero attached hydrogens (tertiary/aromatic N) is 2. The highest BCUT2D eigenvalue weighted by Crippen LogP contribution is 2.23. The van der Waals surface area contributed by atoms with Gasteiger partial charge in [-0.2, -0.15) is 0 Å². The molecule has 20 heavy (non-hydrogen) atoms. The van der Waals surface area contributed by atoms with Crippen LogP contribution < -0.4 is 0 Å². The van der Waals surface area contributed by atoms with E-state index in [1.165, 1.54) is 10.2 Å². The van der Waals surface area contributed by atoms with E-state index in [9.17, 15) is 8.42 Å². The fourth-order valence-electron chi connectivity index (χ4n) is 1.96. The monoisotopic (exact) mass is 298 g/mol. The van der Waals surface area contributed by atoms with Crippen LogP contribution in [-0.2, 0) is 19.5 Å². The van der Waals surface area contributed by atoms with Crippen LogP contribution in [-0.4, -0.2) is 36.8 Å². The molecule has 0 aliphatic carbocycles. The van der Waals surface area contributed by atoms with E-state index in [0.29, 0.717) is 24.4 Å². The Morgan fingerprint density at radius 2 is 1.95 bits per heavy atom. The number of hydrogen-bond acceptors (Lipinski definition) is 5. The van der Waals surface area contributed by atoms with E-state index in [0.717, 1.165) is 11.6 Å². The van der Waals surface area contributed by atoms with Gasteiger partial charge in [0, 0.05) is 31.0 Å². The van der Waals surface area contributed by atoms with Crippen molar-refractivity contribution in [3.05, 3.63) is 30.2 Å². The molecule has 0 fully saturated rings. The average molecular weight is 298 g/mol. The average Bonchev–Trinajstić information content (AvgIpc) is 2.81.